The van der Waals surface area contributed by atoms with Gasteiger partial charge in [0.1, 0.15) is 23.2 Å². The molecule has 0 N–H and O–H groups in total. The molecule has 1 aliphatic carbocycles. The zero-order valence-electron chi connectivity index (χ0n) is 19.1. The summed E-state index contributed by atoms with van der Waals surface area (Å²) in [4.78, 5) is 27.4. The molecule has 3 aromatic rings. The Kier molecular flexibility index (Phi) is 6.13. The van der Waals surface area contributed by atoms with Crippen LogP contribution in [0.3, 0.4) is 0 Å². The Hall–Kier alpha value is -3.20. The molecule has 0 amide bonds. The van der Waals surface area contributed by atoms with Crippen LogP contribution in [-0.4, -0.2) is 58.0 Å². The molecule has 0 radical (unpaired) electrons. The monoisotopic (exact) mass is 451 g/mol. The van der Waals surface area contributed by atoms with Crippen LogP contribution < -0.4 is 19.9 Å². The summed E-state index contributed by atoms with van der Waals surface area (Å²) in [6.45, 7) is 4.90. The summed E-state index contributed by atoms with van der Waals surface area (Å²) in [6.07, 6.45) is 6.75. The molecule has 9 heteroatoms. The van der Waals surface area contributed by atoms with Crippen LogP contribution in [0.25, 0.3) is 11.0 Å². The van der Waals surface area contributed by atoms with Gasteiger partial charge < -0.3 is 23.7 Å². The van der Waals surface area contributed by atoms with Gasteiger partial charge in [-0.1, -0.05) is 0 Å². The Bertz CT molecular complexity index is 1180. The predicted octanol–water partition coefficient (Wildman–Crippen LogP) is 2.64. The zero-order chi connectivity index (χ0) is 22.8. The van der Waals surface area contributed by atoms with Gasteiger partial charge in [-0.15, -0.1) is 0 Å². The fourth-order valence-corrected chi connectivity index (χ4v) is 4.55. The first-order valence-electron chi connectivity index (χ1n) is 11.5. The molecule has 2 aromatic heterocycles. The molecule has 1 aliphatic heterocycles. The van der Waals surface area contributed by atoms with Gasteiger partial charge in [-0.3, -0.25) is 4.79 Å². The summed E-state index contributed by atoms with van der Waals surface area (Å²) in [5.74, 6) is 2.03. The van der Waals surface area contributed by atoms with Crippen molar-refractivity contribution in [1.82, 2.24) is 19.5 Å². The number of nitrogens with zero attached hydrogens (tertiary/aromatic N) is 5. The quantitative estimate of drug-likeness (QED) is 0.585. The summed E-state index contributed by atoms with van der Waals surface area (Å²) < 4.78 is 19.7. The fraction of sp³-hybridized carbons (Fsp3) is 0.500. The summed E-state index contributed by atoms with van der Waals surface area (Å²) in [6, 6.07) is 5.87. The molecule has 0 bridgehead atoms. The van der Waals surface area contributed by atoms with Crippen molar-refractivity contribution in [3.8, 4) is 11.6 Å². The maximum atomic E-state index is 12.3. The average molecular weight is 452 g/mol. The Balaban J connectivity index is 1.34. The standard InChI is InChI=1S/C24H29N5O4/c1-16-25-8-7-22(27-16)33-19-5-3-18(4-6-19)32-21-14-17(29-9-11-31-12-10-29)13-20-24(21)28(2)23(30)15-26-20/h7-8,13-15,18-19H,3-6,9-12H2,1-2H3. The normalized spacial score (nSPS) is 21.2. The highest BCUT2D eigenvalue weighted by atomic mass is 16.5. The summed E-state index contributed by atoms with van der Waals surface area (Å²) >= 11 is 0. The van der Waals surface area contributed by atoms with Gasteiger partial charge >= 0.3 is 0 Å². The lowest BCUT2D eigenvalue weighted by Gasteiger charge is -2.31. The van der Waals surface area contributed by atoms with Crippen LogP contribution in [-0.2, 0) is 11.8 Å². The highest BCUT2D eigenvalue weighted by molar-refractivity contribution is 5.85. The van der Waals surface area contributed by atoms with Gasteiger partial charge in [-0.2, -0.15) is 4.98 Å². The van der Waals surface area contributed by atoms with E-state index in [1.807, 2.05) is 19.1 Å². The van der Waals surface area contributed by atoms with Crippen molar-refractivity contribution in [2.75, 3.05) is 31.2 Å². The minimum Gasteiger partial charge on any atom is -0.488 e. The third-order valence-electron chi connectivity index (χ3n) is 6.35. The maximum Gasteiger partial charge on any atom is 0.269 e. The lowest BCUT2D eigenvalue weighted by molar-refractivity contribution is 0.0784. The first-order chi connectivity index (χ1) is 16.1. The van der Waals surface area contributed by atoms with Gasteiger partial charge in [0.05, 0.1) is 31.0 Å². The van der Waals surface area contributed by atoms with Crippen molar-refractivity contribution in [1.29, 1.82) is 0 Å². The van der Waals surface area contributed by atoms with Crippen LogP contribution in [0.2, 0.25) is 0 Å². The molecule has 2 fully saturated rings. The minimum absolute atomic E-state index is 0.0513. The van der Waals surface area contributed by atoms with E-state index in [0.717, 1.165) is 55.5 Å². The van der Waals surface area contributed by atoms with Crippen molar-refractivity contribution in [3.05, 3.63) is 46.8 Å². The number of hydrogen-bond donors (Lipinski definition) is 0. The Morgan fingerprint density at radius 3 is 2.48 bits per heavy atom. The number of morpholine rings is 1. The van der Waals surface area contributed by atoms with E-state index >= 15 is 0 Å². The van der Waals surface area contributed by atoms with Crippen LogP contribution in [0, 0.1) is 6.92 Å². The molecular weight excluding hydrogens is 422 g/mol. The average Bonchev–Trinajstić information content (AvgIpc) is 2.83. The largest absolute Gasteiger partial charge is 0.488 e. The number of rotatable bonds is 5. The van der Waals surface area contributed by atoms with E-state index in [4.69, 9.17) is 14.2 Å². The van der Waals surface area contributed by atoms with Crippen molar-refractivity contribution < 1.29 is 14.2 Å². The topological polar surface area (TPSA) is 91.6 Å². The van der Waals surface area contributed by atoms with Crippen LogP contribution in [0.1, 0.15) is 31.5 Å². The van der Waals surface area contributed by atoms with E-state index in [-0.39, 0.29) is 17.8 Å². The summed E-state index contributed by atoms with van der Waals surface area (Å²) in [7, 11) is 1.77. The van der Waals surface area contributed by atoms with Gasteiger partial charge in [-0.25, -0.2) is 9.97 Å². The molecule has 1 aromatic carbocycles. The lowest BCUT2D eigenvalue weighted by atomic mass is 9.95. The van der Waals surface area contributed by atoms with E-state index < -0.39 is 0 Å². The second-order valence-electron chi connectivity index (χ2n) is 8.64. The third-order valence-corrected chi connectivity index (χ3v) is 6.35. The lowest BCUT2D eigenvalue weighted by Crippen LogP contribution is -2.36. The van der Waals surface area contributed by atoms with E-state index in [0.29, 0.717) is 30.7 Å². The first kappa shape index (κ1) is 21.6. The highest BCUT2D eigenvalue weighted by Gasteiger charge is 2.26. The van der Waals surface area contributed by atoms with Gasteiger partial charge in [0.25, 0.3) is 5.56 Å². The molecule has 0 unspecified atom stereocenters. The third kappa shape index (κ3) is 4.78. The molecule has 1 saturated heterocycles. The van der Waals surface area contributed by atoms with Crippen LogP contribution in [0.15, 0.2) is 35.4 Å². The molecular formula is C24H29N5O4. The number of fused-ring (bicyclic) bond motifs is 1. The number of anilines is 1. The van der Waals surface area contributed by atoms with Gasteiger partial charge in [0, 0.05) is 44.2 Å². The number of aromatic nitrogens is 4. The molecule has 3 heterocycles. The van der Waals surface area contributed by atoms with Crippen LogP contribution in [0.4, 0.5) is 5.69 Å². The number of aryl methyl sites for hydroxylation is 2. The van der Waals surface area contributed by atoms with Crippen molar-refractivity contribution in [2.24, 2.45) is 7.05 Å². The smallest absolute Gasteiger partial charge is 0.269 e. The van der Waals surface area contributed by atoms with Gasteiger partial charge in [0.15, 0.2) is 0 Å². The molecule has 0 spiro atoms. The predicted molar refractivity (Wildman–Crippen MR) is 124 cm³/mol. The molecule has 2 aliphatic rings. The molecule has 5 rings (SSSR count). The molecule has 174 valence electrons. The summed E-state index contributed by atoms with van der Waals surface area (Å²) in [5, 5.41) is 0. The number of benzene rings is 1. The fourth-order valence-electron chi connectivity index (χ4n) is 4.55. The second-order valence-corrected chi connectivity index (χ2v) is 8.64. The minimum atomic E-state index is -0.149. The SMILES string of the molecule is Cc1nccc(OC2CCC(Oc3cc(N4CCOCC4)cc4ncc(=O)n(C)c34)CC2)n1. The van der Waals surface area contributed by atoms with E-state index in [1.54, 1.807) is 23.9 Å². The Morgan fingerprint density at radius 2 is 1.76 bits per heavy atom. The van der Waals surface area contributed by atoms with E-state index in [1.165, 1.54) is 6.20 Å². The number of hydrogen-bond acceptors (Lipinski definition) is 8. The first-order valence-corrected chi connectivity index (χ1v) is 11.5. The summed E-state index contributed by atoms with van der Waals surface area (Å²) in [5.41, 5.74) is 2.38. The van der Waals surface area contributed by atoms with Crippen molar-refractivity contribution in [2.45, 2.75) is 44.8 Å². The van der Waals surface area contributed by atoms with Gasteiger partial charge in [0.2, 0.25) is 5.88 Å². The number of ether oxygens (including phenoxy) is 3. The molecule has 0 atom stereocenters. The zero-order valence-corrected chi connectivity index (χ0v) is 19.1. The highest BCUT2D eigenvalue weighted by Crippen LogP contribution is 2.33. The Morgan fingerprint density at radius 1 is 1.03 bits per heavy atom. The van der Waals surface area contributed by atoms with Crippen LogP contribution in [0.5, 0.6) is 11.6 Å². The van der Waals surface area contributed by atoms with Gasteiger partial charge in [-0.05, 0) is 38.7 Å². The maximum absolute atomic E-state index is 12.3. The van der Waals surface area contributed by atoms with Crippen LogP contribution >= 0.6 is 0 Å². The van der Waals surface area contributed by atoms with Crippen molar-refractivity contribution in [3.63, 3.8) is 0 Å². The van der Waals surface area contributed by atoms with E-state index in [2.05, 4.69) is 19.9 Å². The van der Waals surface area contributed by atoms with E-state index in [9.17, 15) is 4.79 Å². The second kappa shape index (κ2) is 9.35. The molecule has 33 heavy (non-hydrogen) atoms. The Labute approximate surface area is 192 Å². The molecule has 1 saturated carbocycles. The van der Waals surface area contributed by atoms with Crippen molar-refractivity contribution >= 4 is 16.7 Å². The molecule has 9 nitrogen and oxygen atoms in total.